The van der Waals surface area contributed by atoms with Gasteiger partial charge in [-0.15, -0.1) is 5.10 Å². The first-order valence-electron chi connectivity index (χ1n) is 14.9. The molecule has 0 spiro atoms. The number of halogens is 1. The van der Waals surface area contributed by atoms with Crippen molar-refractivity contribution in [2.45, 2.75) is 57.6 Å². The Morgan fingerprint density at radius 1 is 0.957 bits per heavy atom. The lowest BCUT2D eigenvalue weighted by Gasteiger charge is -2.25. The number of carbonyl (C=O) groups excluding carboxylic acids is 2. The maximum Gasteiger partial charge on any atom is 0.407 e. The number of aromatic nitrogens is 3. The van der Waals surface area contributed by atoms with Crippen LogP contribution in [0.2, 0.25) is 5.02 Å². The van der Waals surface area contributed by atoms with Crippen LogP contribution in [0.15, 0.2) is 66.7 Å². The number of hydrogen-bond acceptors (Lipinski definition) is 9. The number of carbonyl (C=O) groups is 3. The van der Waals surface area contributed by atoms with E-state index in [1.807, 2.05) is 56.3 Å². The van der Waals surface area contributed by atoms with E-state index in [9.17, 15) is 24.6 Å². The minimum Gasteiger partial charge on any atom is -0.479 e. The standard InChI is InChI=1S/C33H38ClN5O8/c1-19(2)27(36-33(44)46-4)18-30(45-3)47-39-28-16-23(12-13-26(28)37-38-39)31(41)35-25(17-29(40)32(42)43)14-20-8-10-21(11-9-20)22-6-5-7-24(34)15-22/h5-13,15-16,19,25,27,29-30,40H,14,17-18H2,1-4H3,(H,35,41)(H,36,44)(H,42,43)/t25-,27?,29-,30+/m1/s1. The number of aliphatic hydroxyl groups is 1. The second-order valence-electron chi connectivity index (χ2n) is 11.3. The van der Waals surface area contributed by atoms with Crippen molar-refractivity contribution in [2.75, 3.05) is 14.2 Å². The highest BCUT2D eigenvalue weighted by Crippen LogP contribution is 2.24. The number of carboxylic acid groups (broad SMARTS) is 1. The molecule has 13 nitrogen and oxygen atoms in total. The van der Waals surface area contributed by atoms with Gasteiger partial charge in [0.05, 0.1) is 7.11 Å². The highest BCUT2D eigenvalue weighted by Gasteiger charge is 2.25. The van der Waals surface area contributed by atoms with Gasteiger partial charge in [0, 0.05) is 42.6 Å². The molecule has 4 rings (SSSR count). The Morgan fingerprint density at radius 3 is 2.34 bits per heavy atom. The molecule has 4 aromatic rings. The third-order valence-corrected chi connectivity index (χ3v) is 7.85. The smallest absolute Gasteiger partial charge is 0.407 e. The molecule has 4 N–H and O–H groups in total. The molecule has 14 heteroatoms. The van der Waals surface area contributed by atoms with Gasteiger partial charge in [-0.25, -0.2) is 9.59 Å². The predicted molar refractivity (Wildman–Crippen MR) is 174 cm³/mol. The number of nitrogens with zero attached hydrogens (tertiary/aromatic N) is 3. The van der Waals surface area contributed by atoms with Crippen LogP contribution >= 0.6 is 11.6 Å². The largest absolute Gasteiger partial charge is 0.479 e. The van der Waals surface area contributed by atoms with Crippen molar-refractivity contribution in [3.8, 4) is 11.1 Å². The van der Waals surface area contributed by atoms with E-state index in [0.717, 1.165) is 21.5 Å². The number of carboxylic acids is 1. The maximum absolute atomic E-state index is 13.5. The molecule has 0 aliphatic carbocycles. The van der Waals surface area contributed by atoms with Gasteiger partial charge in [-0.1, -0.05) is 66.7 Å². The SMILES string of the molecule is COC(=O)NC(C[C@@H](OC)On1nnc2ccc(C(=O)N[C@H](Cc3ccc(-c4cccc(Cl)c4)cc3)C[C@@H](O)C(=O)O)cc21)C(C)C. The van der Waals surface area contributed by atoms with Crippen LogP contribution in [0.25, 0.3) is 22.2 Å². The molecule has 47 heavy (non-hydrogen) atoms. The minimum absolute atomic E-state index is 0.0339. The van der Waals surface area contributed by atoms with Crippen molar-refractivity contribution in [2.24, 2.45) is 5.92 Å². The summed E-state index contributed by atoms with van der Waals surface area (Å²) in [5.41, 5.74) is 3.77. The number of aliphatic carboxylic acids is 1. The summed E-state index contributed by atoms with van der Waals surface area (Å²) in [5, 5.41) is 33.9. The Labute approximate surface area is 276 Å². The quantitative estimate of drug-likeness (QED) is 0.135. The Kier molecular flexibility index (Phi) is 12.1. The summed E-state index contributed by atoms with van der Waals surface area (Å²) in [6, 6.07) is 18.7. The maximum atomic E-state index is 13.5. The number of nitrogens with one attached hydrogen (secondary N) is 2. The summed E-state index contributed by atoms with van der Waals surface area (Å²) in [6.07, 6.45) is -2.78. The summed E-state index contributed by atoms with van der Waals surface area (Å²) in [7, 11) is 2.73. The fraction of sp³-hybridized carbons (Fsp3) is 0.364. The molecule has 0 aliphatic heterocycles. The Hall–Kier alpha value is -4.72. The van der Waals surface area contributed by atoms with Crippen LogP contribution in [0.3, 0.4) is 0 Å². The topological polar surface area (TPSA) is 174 Å². The molecule has 0 saturated heterocycles. The Bertz CT molecular complexity index is 1680. The molecule has 4 atom stereocenters. The second kappa shape index (κ2) is 16.2. The van der Waals surface area contributed by atoms with Crippen LogP contribution < -0.4 is 15.5 Å². The molecule has 0 fully saturated rings. The number of aliphatic hydroxyl groups excluding tert-OH is 1. The van der Waals surface area contributed by atoms with Crippen molar-refractivity contribution in [1.82, 2.24) is 25.8 Å². The number of ether oxygens (including phenoxy) is 2. The number of methoxy groups -OCH3 is 2. The molecule has 3 aromatic carbocycles. The van der Waals surface area contributed by atoms with Gasteiger partial charge in [-0.2, -0.15) is 0 Å². The molecular weight excluding hydrogens is 630 g/mol. The van der Waals surface area contributed by atoms with Crippen molar-refractivity contribution in [3.05, 3.63) is 82.9 Å². The van der Waals surface area contributed by atoms with E-state index >= 15 is 0 Å². The van der Waals surface area contributed by atoms with Gasteiger partial charge in [-0.3, -0.25) is 4.79 Å². The number of rotatable bonds is 15. The fourth-order valence-corrected chi connectivity index (χ4v) is 5.13. The molecule has 0 saturated carbocycles. The molecule has 1 heterocycles. The van der Waals surface area contributed by atoms with E-state index in [2.05, 4.69) is 20.9 Å². The molecule has 0 radical (unpaired) electrons. The van der Waals surface area contributed by atoms with Crippen molar-refractivity contribution < 1.29 is 38.9 Å². The van der Waals surface area contributed by atoms with Crippen LogP contribution in [-0.4, -0.2) is 82.0 Å². The van der Waals surface area contributed by atoms with Crippen LogP contribution in [-0.2, 0) is 20.7 Å². The van der Waals surface area contributed by atoms with E-state index in [4.69, 9.17) is 25.9 Å². The summed E-state index contributed by atoms with van der Waals surface area (Å²) < 4.78 is 10.2. The van der Waals surface area contributed by atoms with Gasteiger partial charge in [0.25, 0.3) is 5.91 Å². The predicted octanol–water partition coefficient (Wildman–Crippen LogP) is 4.10. The first kappa shape index (κ1) is 35.1. The minimum atomic E-state index is -1.68. The van der Waals surface area contributed by atoms with E-state index in [1.165, 1.54) is 20.3 Å². The molecule has 0 bridgehead atoms. The first-order chi connectivity index (χ1) is 22.5. The van der Waals surface area contributed by atoms with Crippen LogP contribution in [0.4, 0.5) is 4.79 Å². The number of fused-ring (bicyclic) bond motifs is 1. The number of amides is 2. The van der Waals surface area contributed by atoms with Crippen molar-refractivity contribution in [1.29, 1.82) is 0 Å². The molecule has 2 amide bonds. The summed E-state index contributed by atoms with van der Waals surface area (Å²) in [6.45, 7) is 3.86. The monoisotopic (exact) mass is 667 g/mol. The van der Waals surface area contributed by atoms with E-state index < -0.39 is 36.4 Å². The lowest BCUT2D eigenvalue weighted by molar-refractivity contribution is -0.147. The second-order valence-corrected chi connectivity index (χ2v) is 11.8. The van der Waals surface area contributed by atoms with E-state index in [1.54, 1.807) is 18.2 Å². The van der Waals surface area contributed by atoms with Crippen LogP contribution in [0, 0.1) is 5.92 Å². The zero-order valence-corrected chi connectivity index (χ0v) is 27.2. The average molecular weight is 668 g/mol. The van der Waals surface area contributed by atoms with Crippen LogP contribution in [0.5, 0.6) is 0 Å². The van der Waals surface area contributed by atoms with Gasteiger partial charge in [0.1, 0.15) is 11.0 Å². The van der Waals surface area contributed by atoms with Crippen molar-refractivity contribution >= 4 is 40.6 Å². The zero-order valence-electron chi connectivity index (χ0n) is 26.4. The third kappa shape index (κ3) is 9.64. The third-order valence-electron chi connectivity index (χ3n) is 7.62. The molecule has 1 unspecified atom stereocenters. The lowest BCUT2D eigenvalue weighted by atomic mass is 9.97. The number of benzene rings is 3. The van der Waals surface area contributed by atoms with Crippen LogP contribution in [0.1, 0.15) is 42.6 Å². The average Bonchev–Trinajstić information content (AvgIpc) is 3.45. The fourth-order valence-electron chi connectivity index (χ4n) is 4.94. The van der Waals surface area contributed by atoms with Crippen molar-refractivity contribution in [3.63, 3.8) is 0 Å². The summed E-state index contributed by atoms with van der Waals surface area (Å²) in [5.74, 6) is -1.85. The zero-order chi connectivity index (χ0) is 34.1. The summed E-state index contributed by atoms with van der Waals surface area (Å²) >= 11 is 6.13. The van der Waals surface area contributed by atoms with Gasteiger partial charge in [0.15, 0.2) is 6.10 Å². The van der Waals surface area contributed by atoms with Gasteiger partial charge >= 0.3 is 12.1 Å². The van der Waals surface area contributed by atoms with E-state index in [-0.39, 0.29) is 36.8 Å². The Balaban J connectivity index is 1.50. The van der Waals surface area contributed by atoms with Gasteiger partial charge < -0.3 is 35.2 Å². The number of hydrogen-bond donors (Lipinski definition) is 4. The normalized spacial score (nSPS) is 13.9. The summed E-state index contributed by atoms with van der Waals surface area (Å²) in [4.78, 5) is 43.8. The molecule has 0 aliphatic rings. The first-order valence-corrected chi connectivity index (χ1v) is 15.3. The highest BCUT2D eigenvalue weighted by atomic mass is 35.5. The Morgan fingerprint density at radius 2 is 1.70 bits per heavy atom. The number of alkyl carbamates (subject to hydrolysis) is 1. The van der Waals surface area contributed by atoms with Gasteiger partial charge in [-0.05, 0) is 64.6 Å². The van der Waals surface area contributed by atoms with E-state index in [0.29, 0.717) is 16.1 Å². The lowest BCUT2D eigenvalue weighted by Crippen LogP contribution is -2.43. The van der Waals surface area contributed by atoms with Gasteiger partial charge in [0.2, 0.25) is 6.29 Å². The molecule has 1 aromatic heterocycles. The highest BCUT2D eigenvalue weighted by molar-refractivity contribution is 6.30. The molecular formula is C33H38ClN5O8. The molecule has 250 valence electrons.